The number of unbranched alkanes of at least 4 members (excludes halogenated alkanes) is 1. The number of nitrogens with zero attached hydrogens (tertiary/aromatic N) is 4. The number of benzene rings is 2. The molecule has 20 nitrogen and oxygen atoms in total. The van der Waals surface area contributed by atoms with Crippen LogP contribution in [0.5, 0.6) is 0 Å². The molecule has 60 heavy (non-hydrogen) atoms. The van der Waals surface area contributed by atoms with E-state index < -0.39 is 93.0 Å². The van der Waals surface area contributed by atoms with Gasteiger partial charge in [-0.3, -0.25) is 19.5 Å². The second-order valence-electron chi connectivity index (χ2n) is 14.6. The molecule has 8 unspecified atom stereocenters. The van der Waals surface area contributed by atoms with Crippen LogP contribution in [-0.2, 0) is 17.6 Å². The highest BCUT2D eigenvalue weighted by Crippen LogP contribution is 2.26. The summed E-state index contributed by atoms with van der Waals surface area (Å²) < 4.78 is 0. The first-order valence-electron chi connectivity index (χ1n) is 19.5. The van der Waals surface area contributed by atoms with Crippen LogP contribution in [0.15, 0.2) is 47.6 Å². The fourth-order valence-corrected chi connectivity index (χ4v) is 6.77. The Labute approximate surface area is 352 Å². The summed E-state index contributed by atoms with van der Waals surface area (Å²) in [6.45, 7) is -1.94. The summed E-state index contributed by atoms with van der Waals surface area (Å²) in [5.74, 6) is -1.38. The van der Waals surface area contributed by atoms with E-state index >= 15 is 0 Å². The molecule has 1 heterocycles. The van der Waals surface area contributed by atoms with E-state index in [0.29, 0.717) is 25.8 Å². The lowest BCUT2D eigenvalue weighted by Gasteiger charge is -2.33. The SMILES string of the molecule is NC(=O)c1nc(Cl)cnc1C(N)=NCCCCc1ccc(CC[C@@H](NCCCN(CC(O)C(O)C(O)C(O)CO)CC(O)C(O)C(O)C(O)CO)C(N)=O)c2ccccc12. The minimum Gasteiger partial charge on any atom is -0.394 e. The number of rotatable bonds is 28. The predicted molar refractivity (Wildman–Crippen MR) is 221 cm³/mol. The molecule has 21 heteroatoms. The number of hydrogen-bond donors (Lipinski definition) is 14. The second kappa shape index (κ2) is 25.1. The highest BCUT2D eigenvalue weighted by molar-refractivity contribution is 6.29. The van der Waals surface area contributed by atoms with E-state index in [1.807, 2.05) is 36.4 Å². The predicted octanol–water partition coefficient (Wildman–Crippen LogP) is -3.95. The zero-order chi connectivity index (χ0) is 44.5. The Hall–Kier alpha value is -4.00. The van der Waals surface area contributed by atoms with Crippen LogP contribution >= 0.6 is 11.6 Å². The van der Waals surface area contributed by atoms with E-state index in [1.54, 1.807) is 0 Å². The summed E-state index contributed by atoms with van der Waals surface area (Å²) in [7, 11) is 0. The molecule has 334 valence electrons. The molecule has 0 saturated heterocycles. The summed E-state index contributed by atoms with van der Waals surface area (Å²) in [4.78, 5) is 37.9. The van der Waals surface area contributed by atoms with Gasteiger partial charge in [-0.15, -0.1) is 0 Å². The maximum Gasteiger partial charge on any atom is 0.269 e. The number of aliphatic imine (C=N–C) groups is 1. The van der Waals surface area contributed by atoms with E-state index in [4.69, 9.17) is 39.0 Å². The minimum absolute atomic E-state index is 0.00536. The van der Waals surface area contributed by atoms with Crippen molar-refractivity contribution in [3.8, 4) is 0 Å². The van der Waals surface area contributed by atoms with Gasteiger partial charge in [0.2, 0.25) is 5.91 Å². The van der Waals surface area contributed by atoms with Crippen molar-refractivity contribution < 1.29 is 60.7 Å². The van der Waals surface area contributed by atoms with Crippen molar-refractivity contribution in [3.05, 3.63) is 70.3 Å². The zero-order valence-electron chi connectivity index (χ0n) is 33.1. The van der Waals surface area contributed by atoms with Crippen LogP contribution < -0.4 is 22.5 Å². The maximum atomic E-state index is 12.5. The fourth-order valence-electron chi connectivity index (χ4n) is 6.64. The van der Waals surface area contributed by atoms with Gasteiger partial charge in [-0.1, -0.05) is 48.0 Å². The number of aromatic nitrogens is 2. The highest BCUT2D eigenvalue weighted by Gasteiger charge is 2.34. The van der Waals surface area contributed by atoms with Gasteiger partial charge in [-0.2, -0.15) is 0 Å². The van der Waals surface area contributed by atoms with Gasteiger partial charge < -0.3 is 73.6 Å². The maximum absolute atomic E-state index is 12.5. The Morgan fingerprint density at radius 3 is 1.78 bits per heavy atom. The largest absolute Gasteiger partial charge is 0.394 e. The average molecular weight is 867 g/mol. The van der Waals surface area contributed by atoms with E-state index in [0.717, 1.165) is 34.7 Å². The Morgan fingerprint density at radius 2 is 1.27 bits per heavy atom. The summed E-state index contributed by atoms with van der Waals surface area (Å²) in [5.41, 5.74) is 19.2. The highest BCUT2D eigenvalue weighted by atomic mass is 35.5. The number of aryl methyl sites for hydroxylation is 2. The van der Waals surface area contributed by atoms with Crippen molar-refractivity contribution in [1.29, 1.82) is 0 Å². The molecular weight excluding hydrogens is 808 g/mol. The quantitative estimate of drug-likeness (QED) is 0.0188. The topological polar surface area (TPSA) is 368 Å². The summed E-state index contributed by atoms with van der Waals surface area (Å²) >= 11 is 5.83. The Morgan fingerprint density at radius 1 is 0.733 bits per heavy atom. The number of nitrogens with two attached hydrogens (primary N) is 3. The smallest absolute Gasteiger partial charge is 0.269 e. The number of carbonyl (C=O) groups excluding carboxylic acids is 2. The van der Waals surface area contributed by atoms with E-state index in [1.165, 1.54) is 11.1 Å². The normalized spacial score (nSPS) is 16.8. The molecule has 0 aliphatic heterocycles. The lowest BCUT2D eigenvalue weighted by Crippen LogP contribution is -2.53. The Balaban J connectivity index is 1.60. The number of nitrogens with one attached hydrogen (secondary N) is 1. The average Bonchev–Trinajstić information content (AvgIpc) is 3.23. The first-order chi connectivity index (χ1) is 28.5. The third-order valence-corrected chi connectivity index (χ3v) is 10.3. The first kappa shape index (κ1) is 50.4. The van der Waals surface area contributed by atoms with Crippen LogP contribution in [0.2, 0.25) is 5.15 Å². The monoisotopic (exact) mass is 866 g/mol. The number of halogens is 1. The van der Waals surface area contributed by atoms with Crippen LogP contribution in [0.4, 0.5) is 0 Å². The van der Waals surface area contributed by atoms with Crippen molar-refractivity contribution >= 4 is 40.0 Å². The second-order valence-corrected chi connectivity index (χ2v) is 15.0. The molecule has 0 bridgehead atoms. The van der Waals surface area contributed by atoms with Crippen LogP contribution in [0.3, 0.4) is 0 Å². The molecule has 3 aromatic rings. The van der Waals surface area contributed by atoms with Crippen molar-refractivity contribution in [2.75, 3.05) is 45.9 Å². The van der Waals surface area contributed by atoms with Gasteiger partial charge in [0.1, 0.15) is 53.3 Å². The third kappa shape index (κ3) is 14.9. The Kier molecular flexibility index (Phi) is 21.0. The number of amides is 2. The van der Waals surface area contributed by atoms with Gasteiger partial charge in [0.05, 0.1) is 37.7 Å². The lowest BCUT2D eigenvalue weighted by molar-refractivity contribution is -0.130. The van der Waals surface area contributed by atoms with Gasteiger partial charge >= 0.3 is 0 Å². The molecule has 2 aromatic carbocycles. The standard InChI is InChI=1S/C39H59ClN8O12/c40-30-16-46-31(32(47-30)39(43)60)37(41)45-13-4-3-6-21-9-10-22(24-8-2-1-7-23(21)24)11-12-25(38(42)59)44-14-5-15-48(17-26(51)33(55)35(57)28(53)19-49)18-27(52)34(56)36(58)29(54)20-50/h1-2,7-10,16,25-29,33-36,44,49-58H,3-6,11-15,17-20H2,(H2,41,45)(H2,42,59)(H2,43,60)/t25-,26?,27?,28?,29?,33?,34?,35?,36?/m1/s1. The van der Waals surface area contributed by atoms with Crippen molar-refractivity contribution in [2.24, 2.45) is 22.2 Å². The molecule has 0 radical (unpaired) electrons. The van der Waals surface area contributed by atoms with Crippen molar-refractivity contribution in [3.63, 3.8) is 0 Å². The molecule has 0 aliphatic carbocycles. The fraction of sp³-hybridized carbons (Fsp3) is 0.564. The number of hydrogen-bond acceptors (Lipinski definition) is 17. The number of primary amides is 2. The van der Waals surface area contributed by atoms with Gasteiger partial charge in [-0.05, 0) is 73.5 Å². The molecule has 1 aromatic heterocycles. The summed E-state index contributed by atoms with van der Waals surface area (Å²) in [6.07, 6.45) is -9.97. The number of aliphatic hydroxyl groups is 10. The van der Waals surface area contributed by atoms with Crippen LogP contribution in [0.25, 0.3) is 10.8 Å². The molecule has 9 atom stereocenters. The molecule has 3 rings (SSSR count). The van der Waals surface area contributed by atoms with E-state index in [-0.39, 0.29) is 41.9 Å². The van der Waals surface area contributed by atoms with Gasteiger partial charge in [-0.25, -0.2) is 9.97 Å². The molecule has 0 aliphatic rings. The molecule has 0 spiro atoms. The lowest BCUT2D eigenvalue weighted by atomic mass is 9.93. The van der Waals surface area contributed by atoms with Crippen LogP contribution in [0, 0.1) is 0 Å². The minimum atomic E-state index is -1.91. The molecule has 17 N–H and O–H groups in total. The zero-order valence-corrected chi connectivity index (χ0v) is 33.9. The molecule has 2 amide bonds. The number of carbonyl (C=O) groups is 2. The van der Waals surface area contributed by atoms with E-state index in [2.05, 4.69) is 20.3 Å². The van der Waals surface area contributed by atoms with E-state index in [9.17, 15) is 50.4 Å². The van der Waals surface area contributed by atoms with Gasteiger partial charge in [0.15, 0.2) is 5.69 Å². The Bertz CT molecular complexity index is 1820. The van der Waals surface area contributed by atoms with Gasteiger partial charge in [0, 0.05) is 19.6 Å². The number of aliphatic hydroxyl groups excluding tert-OH is 10. The third-order valence-electron chi connectivity index (χ3n) is 10.1. The van der Waals surface area contributed by atoms with Crippen molar-refractivity contribution in [2.45, 2.75) is 93.4 Å². The number of fused-ring (bicyclic) bond motifs is 1. The summed E-state index contributed by atoms with van der Waals surface area (Å²) in [6, 6.07) is 11.2. The molecule has 0 saturated carbocycles. The molecule has 0 fully saturated rings. The first-order valence-corrected chi connectivity index (χ1v) is 19.9. The molecular formula is C39H59ClN8O12. The van der Waals surface area contributed by atoms with Crippen LogP contribution in [0.1, 0.15) is 53.0 Å². The summed E-state index contributed by atoms with van der Waals surface area (Å²) in [5, 5.41) is 105. The van der Waals surface area contributed by atoms with Crippen LogP contribution in [-0.4, -0.2) is 184 Å². The number of amidine groups is 1. The van der Waals surface area contributed by atoms with Gasteiger partial charge in [0.25, 0.3) is 5.91 Å². The van der Waals surface area contributed by atoms with Crippen molar-refractivity contribution in [1.82, 2.24) is 20.2 Å².